The smallest absolute Gasteiger partial charge is 0.303 e. The molecular formula is C13H17BrN2O5. The van der Waals surface area contributed by atoms with E-state index in [2.05, 4.69) is 26.6 Å². The summed E-state index contributed by atoms with van der Waals surface area (Å²) in [6.45, 7) is 0.326. The molecule has 1 heterocycles. The van der Waals surface area contributed by atoms with Crippen molar-refractivity contribution >= 4 is 33.7 Å². The molecule has 0 atom stereocenters. The van der Waals surface area contributed by atoms with Crippen LogP contribution in [0.25, 0.3) is 0 Å². The Balaban J connectivity index is 2.08. The molecule has 0 bridgehead atoms. The number of hydrogen-bond donors (Lipinski definition) is 3. The third-order valence-corrected chi connectivity index (χ3v) is 3.02. The maximum absolute atomic E-state index is 11.6. The molecule has 0 aromatic carbocycles. The standard InChI is InChI=1S/C13H17BrN2O5/c14-10-6-5-9(21-10)13(20)16-8-11(17)15-7-3-1-2-4-12(18)19/h5-6H,1-4,7-8H2,(H,15,17)(H,16,20)(H,18,19). The fourth-order valence-electron chi connectivity index (χ4n) is 1.55. The molecule has 21 heavy (non-hydrogen) atoms. The Labute approximate surface area is 130 Å². The van der Waals surface area contributed by atoms with E-state index in [1.807, 2.05) is 0 Å². The minimum absolute atomic E-state index is 0.128. The highest BCUT2D eigenvalue weighted by Gasteiger charge is 2.11. The van der Waals surface area contributed by atoms with Crippen molar-refractivity contribution < 1.29 is 23.9 Å². The zero-order valence-electron chi connectivity index (χ0n) is 11.4. The van der Waals surface area contributed by atoms with Gasteiger partial charge in [0, 0.05) is 13.0 Å². The highest BCUT2D eigenvalue weighted by atomic mass is 79.9. The highest BCUT2D eigenvalue weighted by Crippen LogP contribution is 2.13. The Morgan fingerprint density at radius 2 is 1.90 bits per heavy atom. The van der Waals surface area contributed by atoms with E-state index in [9.17, 15) is 14.4 Å². The quantitative estimate of drug-likeness (QED) is 0.578. The summed E-state index contributed by atoms with van der Waals surface area (Å²) in [5.41, 5.74) is 0. The van der Waals surface area contributed by atoms with Gasteiger partial charge >= 0.3 is 5.97 Å². The number of furan rings is 1. The lowest BCUT2D eigenvalue weighted by atomic mass is 10.2. The lowest BCUT2D eigenvalue weighted by molar-refractivity contribution is -0.137. The summed E-state index contributed by atoms with van der Waals surface area (Å²) in [6.07, 6.45) is 2.18. The Bertz CT molecular complexity index is 501. The maximum atomic E-state index is 11.6. The van der Waals surface area contributed by atoms with E-state index in [1.54, 1.807) is 6.07 Å². The van der Waals surface area contributed by atoms with Gasteiger partial charge in [-0.05, 0) is 40.9 Å². The van der Waals surface area contributed by atoms with Crippen LogP contribution in [0.1, 0.15) is 36.2 Å². The Morgan fingerprint density at radius 3 is 2.52 bits per heavy atom. The molecule has 3 N–H and O–H groups in total. The molecule has 8 heteroatoms. The van der Waals surface area contributed by atoms with Gasteiger partial charge in [-0.3, -0.25) is 14.4 Å². The van der Waals surface area contributed by atoms with E-state index in [1.165, 1.54) is 6.07 Å². The number of nitrogens with one attached hydrogen (secondary N) is 2. The summed E-state index contributed by atoms with van der Waals surface area (Å²) in [7, 11) is 0. The SMILES string of the molecule is O=C(O)CCCCCNC(=O)CNC(=O)c1ccc(Br)o1. The minimum atomic E-state index is -0.814. The van der Waals surface area contributed by atoms with Crippen molar-refractivity contribution in [2.75, 3.05) is 13.1 Å². The number of hydrogen-bond acceptors (Lipinski definition) is 4. The number of carbonyl (C=O) groups excluding carboxylic acids is 2. The van der Waals surface area contributed by atoms with E-state index in [4.69, 9.17) is 9.52 Å². The van der Waals surface area contributed by atoms with Crippen molar-refractivity contribution in [3.05, 3.63) is 22.6 Å². The third-order valence-electron chi connectivity index (χ3n) is 2.60. The first-order chi connectivity index (χ1) is 9.99. The molecular weight excluding hydrogens is 344 g/mol. The third kappa shape index (κ3) is 7.50. The van der Waals surface area contributed by atoms with E-state index >= 15 is 0 Å². The molecule has 0 aliphatic carbocycles. The predicted molar refractivity (Wildman–Crippen MR) is 77.9 cm³/mol. The fourth-order valence-corrected chi connectivity index (χ4v) is 1.86. The Hall–Kier alpha value is -1.83. The topological polar surface area (TPSA) is 109 Å². The van der Waals surface area contributed by atoms with Crippen molar-refractivity contribution in [3.63, 3.8) is 0 Å². The first kappa shape index (κ1) is 17.2. The summed E-state index contributed by atoms with van der Waals surface area (Å²) in [5.74, 6) is -1.45. The van der Waals surface area contributed by atoms with Gasteiger partial charge in [0.2, 0.25) is 5.91 Å². The van der Waals surface area contributed by atoms with Gasteiger partial charge in [0.1, 0.15) is 0 Å². The molecule has 0 saturated carbocycles. The van der Waals surface area contributed by atoms with Gasteiger partial charge in [0.05, 0.1) is 6.54 Å². The number of carbonyl (C=O) groups is 3. The van der Waals surface area contributed by atoms with Crippen LogP contribution in [-0.2, 0) is 9.59 Å². The number of rotatable bonds is 9. The summed E-state index contributed by atoms with van der Waals surface area (Å²) in [5, 5.41) is 13.5. The number of amides is 2. The van der Waals surface area contributed by atoms with Gasteiger partial charge in [-0.1, -0.05) is 6.42 Å². The monoisotopic (exact) mass is 360 g/mol. The molecule has 0 spiro atoms. The highest BCUT2D eigenvalue weighted by molar-refractivity contribution is 9.10. The van der Waals surface area contributed by atoms with E-state index < -0.39 is 11.9 Å². The van der Waals surface area contributed by atoms with Crippen molar-refractivity contribution in [2.45, 2.75) is 25.7 Å². The number of unbranched alkanes of at least 4 members (excludes halogenated alkanes) is 2. The fraction of sp³-hybridized carbons (Fsp3) is 0.462. The van der Waals surface area contributed by atoms with Gasteiger partial charge in [-0.25, -0.2) is 0 Å². The van der Waals surface area contributed by atoms with Crippen LogP contribution in [0.5, 0.6) is 0 Å². The largest absolute Gasteiger partial charge is 0.481 e. The number of halogens is 1. The van der Waals surface area contributed by atoms with E-state index in [0.717, 1.165) is 6.42 Å². The first-order valence-electron chi connectivity index (χ1n) is 6.51. The van der Waals surface area contributed by atoms with Crippen LogP contribution >= 0.6 is 15.9 Å². The second-order valence-corrected chi connectivity index (χ2v) is 5.12. The molecule has 7 nitrogen and oxygen atoms in total. The molecule has 0 unspecified atom stereocenters. The van der Waals surface area contributed by atoms with Crippen molar-refractivity contribution in [1.29, 1.82) is 0 Å². The van der Waals surface area contributed by atoms with Crippen LogP contribution in [0.15, 0.2) is 21.2 Å². The summed E-state index contributed by atoms with van der Waals surface area (Å²) in [6, 6.07) is 3.09. The molecule has 116 valence electrons. The second-order valence-electron chi connectivity index (χ2n) is 4.34. The average molecular weight is 361 g/mol. The molecule has 1 rings (SSSR count). The van der Waals surface area contributed by atoms with E-state index in [0.29, 0.717) is 24.1 Å². The van der Waals surface area contributed by atoms with Crippen LogP contribution in [0.4, 0.5) is 0 Å². The van der Waals surface area contributed by atoms with Crippen molar-refractivity contribution in [3.8, 4) is 0 Å². The molecule has 0 aliphatic rings. The summed E-state index contributed by atoms with van der Waals surface area (Å²) < 4.78 is 5.49. The molecule has 2 amide bonds. The molecule has 0 saturated heterocycles. The number of carboxylic acid groups (broad SMARTS) is 1. The lowest BCUT2D eigenvalue weighted by Gasteiger charge is -2.05. The molecule has 0 radical (unpaired) electrons. The van der Waals surface area contributed by atoms with Crippen LogP contribution in [-0.4, -0.2) is 36.0 Å². The Morgan fingerprint density at radius 1 is 1.14 bits per heavy atom. The number of aliphatic carboxylic acids is 1. The zero-order valence-corrected chi connectivity index (χ0v) is 12.9. The minimum Gasteiger partial charge on any atom is -0.481 e. The van der Waals surface area contributed by atoms with Crippen molar-refractivity contribution in [1.82, 2.24) is 10.6 Å². The molecule has 0 fully saturated rings. The van der Waals surface area contributed by atoms with Gasteiger partial charge in [0.15, 0.2) is 10.4 Å². The lowest BCUT2D eigenvalue weighted by Crippen LogP contribution is -2.37. The predicted octanol–water partition coefficient (Wildman–Crippen LogP) is 1.53. The molecule has 0 aliphatic heterocycles. The van der Waals surface area contributed by atoms with Crippen LogP contribution in [0.3, 0.4) is 0 Å². The zero-order chi connectivity index (χ0) is 15.7. The first-order valence-corrected chi connectivity index (χ1v) is 7.30. The van der Waals surface area contributed by atoms with Crippen LogP contribution < -0.4 is 10.6 Å². The number of carboxylic acids is 1. The van der Waals surface area contributed by atoms with Crippen LogP contribution in [0.2, 0.25) is 0 Å². The maximum Gasteiger partial charge on any atom is 0.303 e. The summed E-state index contributed by atoms with van der Waals surface area (Å²) >= 11 is 3.08. The van der Waals surface area contributed by atoms with Gasteiger partial charge in [0.25, 0.3) is 5.91 Å². The normalized spacial score (nSPS) is 10.1. The van der Waals surface area contributed by atoms with E-state index in [-0.39, 0.29) is 24.6 Å². The van der Waals surface area contributed by atoms with Crippen LogP contribution in [0, 0.1) is 0 Å². The average Bonchev–Trinajstić information content (AvgIpc) is 2.86. The van der Waals surface area contributed by atoms with Crippen molar-refractivity contribution in [2.24, 2.45) is 0 Å². The summed E-state index contributed by atoms with van der Waals surface area (Å²) in [4.78, 5) is 33.3. The van der Waals surface area contributed by atoms with Gasteiger partial charge in [-0.15, -0.1) is 0 Å². The van der Waals surface area contributed by atoms with Gasteiger partial charge < -0.3 is 20.2 Å². The second kappa shape index (κ2) is 9.17. The Kier molecular flexibility index (Phi) is 7.52. The molecule has 1 aromatic rings. The molecule has 1 aromatic heterocycles. The van der Waals surface area contributed by atoms with Gasteiger partial charge in [-0.2, -0.15) is 0 Å².